The van der Waals surface area contributed by atoms with Gasteiger partial charge in [-0.25, -0.2) is 0 Å². The van der Waals surface area contributed by atoms with E-state index >= 15 is 0 Å². The van der Waals surface area contributed by atoms with Gasteiger partial charge in [0.1, 0.15) is 0 Å². The first-order valence-corrected chi connectivity index (χ1v) is 9.45. The third-order valence-electron chi connectivity index (χ3n) is 5.20. The van der Waals surface area contributed by atoms with Crippen LogP contribution >= 0.6 is 0 Å². The molecule has 0 aliphatic carbocycles. The Balaban J connectivity index is 2.14. The van der Waals surface area contributed by atoms with E-state index in [9.17, 15) is 9.90 Å². The summed E-state index contributed by atoms with van der Waals surface area (Å²) in [5.74, 6) is -0.210. The van der Waals surface area contributed by atoms with Crippen LogP contribution in [-0.2, 0) is 29.0 Å². The fourth-order valence-electron chi connectivity index (χ4n) is 3.82. The van der Waals surface area contributed by atoms with Crippen LogP contribution in [0.2, 0.25) is 0 Å². The molecule has 0 unspecified atom stereocenters. The zero-order valence-electron chi connectivity index (χ0n) is 16.1. The van der Waals surface area contributed by atoms with Crippen molar-refractivity contribution in [3.8, 4) is 11.1 Å². The highest BCUT2D eigenvalue weighted by Crippen LogP contribution is 2.35. The van der Waals surface area contributed by atoms with E-state index < -0.39 is 5.97 Å². The molecule has 3 heteroatoms. The quantitative estimate of drug-likeness (QED) is 0.794. The molecule has 0 bridgehead atoms. The third-order valence-corrected chi connectivity index (χ3v) is 5.20. The molecular formula is C23H28O3. The number of hydrogen-bond donors (Lipinski definition) is 1. The van der Waals surface area contributed by atoms with Gasteiger partial charge in [-0.1, -0.05) is 52.0 Å². The van der Waals surface area contributed by atoms with Crippen molar-refractivity contribution in [2.45, 2.75) is 59.0 Å². The summed E-state index contributed by atoms with van der Waals surface area (Å²) < 4.78 is 5.61. The van der Waals surface area contributed by atoms with Gasteiger partial charge in [-0.15, -0.1) is 0 Å². The average molecular weight is 352 g/mol. The van der Waals surface area contributed by atoms with Gasteiger partial charge >= 0.3 is 5.97 Å². The lowest BCUT2D eigenvalue weighted by molar-refractivity contribution is -0.136. The zero-order valence-corrected chi connectivity index (χ0v) is 16.1. The van der Waals surface area contributed by atoms with Crippen molar-refractivity contribution in [3.63, 3.8) is 0 Å². The van der Waals surface area contributed by atoms with Gasteiger partial charge in [-0.05, 0) is 63.3 Å². The standard InChI is InChI=1S/C23H28O3/c1-14(2)20-10-18(11-21(15(3)4)22(20)12-23(24)25)17-6-5-16-7-8-26-13-19(16)9-17/h5-6,9-11,14-15H,7-8,12-13H2,1-4H3,(H,24,25). The normalized spacial score (nSPS) is 13.9. The molecule has 1 heterocycles. The summed E-state index contributed by atoms with van der Waals surface area (Å²) >= 11 is 0. The highest BCUT2D eigenvalue weighted by molar-refractivity contribution is 5.74. The molecule has 0 saturated heterocycles. The maximum absolute atomic E-state index is 11.4. The van der Waals surface area contributed by atoms with Crippen LogP contribution in [0.25, 0.3) is 11.1 Å². The molecule has 0 aromatic heterocycles. The Bertz CT molecular complexity index is 789. The molecule has 1 aliphatic rings. The molecular weight excluding hydrogens is 324 g/mol. The van der Waals surface area contributed by atoms with Crippen LogP contribution in [-0.4, -0.2) is 17.7 Å². The van der Waals surface area contributed by atoms with E-state index in [1.165, 1.54) is 22.3 Å². The molecule has 0 saturated carbocycles. The molecule has 0 atom stereocenters. The second-order valence-electron chi connectivity index (χ2n) is 7.80. The van der Waals surface area contributed by atoms with Crippen LogP contribution in [0.1, 0.15) is 67.3 Å². The van der Waals surface area contributed by atoms with Gasteiger partial charge < -0.3 is 9.84 Å². The van der Waals surface area contributed by atoms with Crippen LogP contribution in [0.4, 0.5) is 0 Å². The van der Waals surface area contributed by atoms with Crippen molar-refractivity contribution in [2.75, 3.05) is 6.61 Å². The summed E-state index contributed by atoms with van der Waals surface area (Å²) in [6.45, 7) is 10.0. The third kappa shape index (κ3) is 3.83. The minimum Gasteiger partial charge on any atom is -0.481 e. The molecule has 138 valence electrons. The molecule has 3 rings (SSSR count). The first-order chi connectivity index (χ1) is 12.4. The van der Waals surface area contributed by atoms with Crippen LogP contribution in [0.3, 0.4) is 0 Å². The van der Waals surface area contributed by atoms with Gasteiger partial charge in [-0.3, -0.25) is 4.79 Å². The summed E-state index contributed by atoms with van der Waals surface area (Å²) in [7, 11) is 0. The molecule has 2 aromatic rings. The Hall–Kier alpha value is -2.13. The number of rotatable bonds is 5. The molecule has 3 nitrogen and oxygen atoms in total. The topological polar surface area (TPSA) is 46.5 Å². The predicted molar refractivity (Wildman–Crippen MR) is 105 cm³/mol. The van der Waals surface area contributed by atoms with Crippen LogP contribution in [0.5, 0.6) is 0 Å². The predicted octanol–water partition coefficient (Wildman–Crippen LogP) is 5.30. The SMILES string of the molecule is CC(C)c1cc(-c2ccc3c(c2)COCC3)cc(C(C)C)c1CC(=O)O. The van der Waals surface area contributed by atoms with E-state index in [1.807, 2.05) is 0 Å². The molecule has 1 aliphatic heterocycles. The van der Waals surface area contributed by atoms with Gasteiger partial charge in [0, 0.05) is 0 Å². The lowest BCUT2D eigenvalue weighted by Crippen LogP contribution is -2.11. The van der Waals surface area contributed by atoms with E-state index in [0.29, 0.717) is 6.61 Å². The summed E-state index contributed by atoms with van der Waals surface area (Å²) in [6, 6.07) is 11.0. The second kappa shape index (κ2) is 7.63. The Kier molecular flexibility index (Phi) is 5.47. The maximum atomic E-state index is 11.4. The first kappa shape index (κ1) is 18.7. The highest BCUT2D eigenvalue weighted by atomic mass is 16.5. The number of benzene rings is 2. The summed E-state index contributed by atoms with van der Waals surface area (Å²) in [5.41, 5.74) is 8.24. The van der Waals surface area contributed by atoms with Crippen molar-refractivity contribution < 1.29 is 14.6 Å². The fraction of sp³-hybridized carbons (Fsp3) is 0.435. The second-order valence-corrected chi connectivity index (χ2v) is 7.80. The van der Waals surface area contributed by atoms with E-state index in [1.54, 1.807) is 0 Å². The molecule has 0 amide bonds. The Morgan fingerprint density at radius 2 is 1.65 bits per heavy atom. The average Bonchev–Trinajstić information content (AvgIpc) is 2.60. The maximum Gasteiger partial charge on any atom is 0.307 e. The Morgan fingerprint density at radius 3 is 2.23 bits per heavy atom. The van der Waals surface area contributed by atoms with E-state index in [0.717, 1.165) is 29.7 Å². The number of carboxylic acid groups (broad SMARTS) is 1. The highest BCUT2D eigenvalue weighted by Gasteiger charge is 2.19. The molecule has 1 N–H and O–H groups in total. The number of hydrogen-bond acceptors (Lipinski definition) is 2. The molecule has 26 heavy (non-hydrogen) atoms. The smallest absolute Gasteiger partial charge is 0.307 e. The summed E-state index contributed by atoms with van der Waals surface area (Å²) in [5, 5.41) is 9.38. The number of carbonyl (C=O) groups is 1. The van der Waals surface area contributed by atoms with Gasteiger partial charge in [0.05, 0.1) is 19.6 Å². The minimum atomic E-state index is -0.771. The van der Waals surface area contributed by atoms with E-state index in [2.05, 4.69) is 58.0 Å². The van der Waals surface area contributed by atoms with Crippen molar-refractivity contribution in [1.29, 1.82) is 0 Å². The number of fused-ring (bicyclic) bond motifs is 1. The molecule has 0 radical (unpaired) electrons. The molecule has 0 fully saturated rings. The van der Waals surface area contributed by atoms with Crippen LogP contribution in [0, 0.1) is 0 Å². The largest absolute Gasteiger partial charge is 0.481 e. The number of carboxylic acids is 1. The summed E-state index contributed by atoms with van der Waals surface area (Å²) in [4.78, 5) is 11.4. The Morgan fingerprint density at radius 1 is 1.00 bits per heavy atom. The molecule has 0 spiro atoms. The van der Waals surface area contributed by atoms with Crippen molar-refractivity contribution in [3.05, 3.63) is 58.1 Å². The van der Waals surface area contributed by atoms with Gasteiger partial charge in [0.15, 0.2) is 0 Å². The fourth-order valence-corrected chi connectivity index (χ4v) is 3.82. The van der Waals surface area contributed by atoms with Gasteiger partial charge in [0.2, 0.25) is 0 Å². The van der Waals surface area contributed by atoms with Crippen LogP contribution in [0.15, 0.2) is 30.3 Å². The van der Waals surface area contributed by atoms with E-state index in [4.69, 9.17) is 4.74 Å². The monoisotopic (exact) mass is 352 g/mol. The van der Waals surface area contributed by atoms with E-state index in [-0.39, 0.29) is 18.3 Å². The minimum absolute atomic E-state index is 0.0827. The lowest BCUT2D eigenvalue weighted by Gasteiger charge is -2.22. The lowest BCUT2D eigenvalue weighted by atomic mass is 9.83. The Labute approximate surface area is 156 Å². The van der Waals surface area contributed by atoms with Gasteiger partial charge in [-0.2, -0.15) is 0 Å². The first-order valence-electron chi connectivity index (χ1n) is 9.45. The van der Waals surface area contributed by atoms with Crippen LogP contribution < -0.4 is 0 Å². The van der Waals surface area contributed by atoms with Crippen molar-refractivity contribution in [1.82, 2.24) is 0 Å². The van der Waals surface area contributed by atoms with Crippen molar-refractivity contribution in [2.24, 2.45) is 0 Å². The number of aliphatic carboxylic acids is 1. The molecule has 2 aromatic carbocycles. The number of ether oxygens (including phenoxy) is 1. The zero-order chi connectivity index (χ0) is 18.8. The summed E-state index contributed by atoms with van der Waals surface area (Å²) in [6.07, 6.45) is 1.06. The van der Waals surface area contributed by atoms with Gasteiger partial charge in [0.25, 0.3) is 0 Å². The van der Waals surface area contributed by atoms with Crippen molar-refractivity contribution >= 4 is 5.97 Å².